The van der Waals surface area contributed by atoms with Crippen molar-refractivity contribution in [3.8, 4) is 0 Å². The lowest BCUT2D eigenvalue weighted by Gasteiger charge is -2.24. The van der Waals surface area contributed by atoms with Gasteiger partial charge in [0.25, 0.3) is 0 Å². The molecule has 6 heteroatoms. The normalized spacial score (nSPS) is 10.9. The van der Waals surface area contributed by atoms with Crippen LogP contribution >= 0.6 is 0 Å². The highest BCUT2D eigenvalue weighted by Crippen LogP contribution is 2.02. The zero-order valence-electron chi connectivity index (χ0n) is 11.3. The van der Waals surface area contributed by atoms with Crippen LogP contribution in [0.3, 0.4) is 0 Å². The van der Waals surface area contributed by atoms with E-state index in [9.17, 15) is 4.79 Å². The summed E-state index contributed by atoms with van der Waals surface area (Å²) in [5.74, 6) is 0.882. The van der Waals surface area contributed by atoms with Crippen molar-refractivity contribution in [1.29, 1.82) is 0 Å². The van der Waals surface area contributed by atoms with Crippen molar-refractivity contribution in [2.24, 2.45) is 5.92 Å². The van der Waals surface area contributed by atoms with Crippen LogP contribution in [-0.2, 0) is 16.1 Å². The van der Waals surface area contributed by atoms with Gasteiger partial charge in [-0.15, -0.1) is 0 Å². The van der Waals surface area contributed by atoms with E-state index in [-0.39, 0.29) is 12.5 Å². The third-order valence-electron chi connectivity index (χ3n) is 2.46. The van der Waals surface area contributed by atoms with Crippen molar-refractivity contribution >= 4 is 11.7 Å². The molecule has 0 fully saturated rings. The van der Waals surface area contributed by atoms with Crippen LogP contribution in [0.15, 0.2) is 12.3 Å². The number of nitrogen functional groups attached to an aromatic ring is 1. The van der Waals surface area contributed by atoms with Gasteiger partial charge < -0.3 is 15.4 Å². The lowest BCUT2D eigenvalue weighted by atomic mass is 10.2. The molecule has 0 aromatic carbocycles. The summed E-state index contributed by atoms with van der Waals surface area (Å²) < 4.78 is 6.58. The van der Waals surface area contributed by atoms with E-state index in [1.54, 1.807) is 29.0 Å². The summed E-state index contributed by atoms with van der Waals surface area (Å²) in [5, 5.41) is 4.01. The number of nitrogens with zero attached hydrogens (tertiary/aromatic N) is 3. The molecular formula is C12H22N4O2. The van der Waals surface area contributed by atoms with Gasteiger partial charge in [-0.1, -0.05) is 13.8 Å². The number of amides is 1. The SMILES string of the molecule is COCCN(CC(C)C)C(=O)Cn1ccc(N)n1. The third-order valence-corrected chi connectivity index (χ3v) is 2.46. The predicted octanol–water partition coefficient (Wildman–Crippen LogP) is 0.596. The molecule has 0 radical (unpaired) electrons. The molecule has 0 saturated heterocycles. The largest absolute Gasteiger partial charge is 0.383 e. The summed E-state index contributed by atoms with van der Waals surface area (Å²) in [5.41, 5.74) is 5.51. The number of hydrogen-bond donors (Lipinski definition) is 1. The van der Waals surface area contributed by atoms with Gasteiger partial charge >= 0.3 is 0 Å². The maximum Gasteiger partial charge on any atom is 0.244 e. The molecule has 1 aromatic rings. The first-order chi connectivity index (χ1) is 8.52. The molecule has 6 nitrogen and oxygen atoms in total. The molecule has 18 heavy (non-hydrogen) atoms. The van der Waals surface area contributed by atoms with Gasteiger partial charge in [-0.3, -0.25) is 9.48 Å². The average Bonchev–Trinajstić information content (AvgIpc) is 2.69. The molecule has 1 heterocycles. The summed E-state index contributed by atoms with van der Waals surface area (Å²) in [7, 11) is 1.63. The number of nitrogens with two attached hydrogens (primary N) is 1. The number of ether oxygens (including phenoxy) is 1. The summed E-state index contributed by atoms with van der Waals surface area (Å²) in [4.78, 5) is 13.9. The van der Waals surface area contributed by atoms with E-state index >= 15 is 0 Å². The fourth-order valence-electron chi connectivity index (χ4n) is 1.66. The van der Waals surface area contributed by atoms with Crippen LogP contribution < -0.4 is 5.73 Å². The van der Waals surface area contributed by atoms with Gasteiger partial charge in [0.2, 0.25) is 5.91 Å². The molecule has 1 rings (SSSR count). The van der Waals surface area contributed by atoms with Crippen molar-refractivity contribution in [2.75, 3.05) is 32.5 Å². The molecule has 1 aromatic heterocycles. The first kappa shape index (κ1) is 14.5. The van der Waals surface area contributed by atoms with Crippen molar-refractivity contribution in [2.45, 2.75) is 20.4 Å². The predicted molar refractivity (Wildman–Crippen MR) is 69.9 cm³/mol. The summed E-state index contributed by atoms with van der Waals surface area (Å²) in [6.07, 6.45) is 1.71. The van der Waals surface area contributed by atoms with Crippen LogP contribution in [0.25, 0.3) is 0 Å². The number of hydrogen-bond acceptors (Lipinski definition) is 4. The number of rotatable bonds is 7. The van der Waals surface area contributed by atoms with E-state index < -0.39 is 0 Å². The van der Waals surface area contributed by atoms with Gasteiger partial charge in [0, 0.05) is 26.4 Å². The van der Waals surface area contributed by atoms with E-state index in [0.717, 1.165) is 6.54 Å². The fraction of sp³-hybridized carbons (Fsp3) is 0.667. The first-order valence-corrected chi connectivity index (χ1v) is 6.08. The maximum absolute atomic E-state index is 12.1. The monoisotopic (exact) mass is 254 g/mol. The molecule has 0 saturated carbocycles. The van der Waals surface area contributed by atoms with Gasteiger partial charge in [-0.05, 0) is 12.0 Å². The number of carbonyl (C=O) groups is 1. The second kappa shape index (κ2) is 7.00. The Kier molecular flexibility index (Phi) is 5.64. The minimum absolute atomic E-state index is 0.0313. The molecule has 0 unspecified atom stereocenters. The Morgan fingerprint density at radius 3 is 2.83 bits per heavy atom. The lowest BCUT2D eigenvalue weighted by Crippen LogP contribution is -2.38. The van der Waals surface area contributed by atoms with Crippen molar-refractivity contribution in [1.82, 2.24) is 14.7 Å². The molecule has 0 spiro atoms. The molecule has 0 aliphatic heterocycles. The van der Waals surface area contributed by atoms with E-state index in [1.165, 1.54) is 0 Å². The lowest BCUT2D eigenvalue weighted by molar-refractivity contribution is -0.133. The highest BCUT2D eigenvalue weighted by atomic mass is 16.5. The summed E-state index contributed by atoms with van der Waals surface area (Å²) in [6, 6.07) is 1.68. The Bertz CT molecular complexity index is 376. The molecule has 1 amide bonds. The second-order valence-electron chi connectivity index (χ2n) is 4.66. The Labute approximate surface area is 108 Å². The van der Waals surface area contributed by atoms with Gasteiger partial charge in [0.05, 0.1) is 6.61 Å². The van der Waals surface area contributed by atoms with Crippen LogP contribution in [-0.4, -0.2) is 47.4 Å². The highest BCUT2D eigenvalue weighted by Gasteiger charge is 2.15. The van der Waals surface area contributed by atoms with Crippen molar-refractivity contribution in [3.63, 3.8) is 0 Å². The fourth-order valence-corrected chi connectivity index (χ4v) is 1.66. The zero-order chi connectivity index (χ0) is 13.5. The number of methoxy groups -OCH3 is 1. The van der Waals surface area contributed by atoms with Crippen molar-refractivity contribution < 1.29 is 9.53 Å². The van der Waals surface area contributed by atoms with Crippen LogP contribution in [0.4, 0.5) is 5.82 Å². The van der Waals surface area contributed by atoms with Gasteiger partial charge in [0.15, 0.2) is 0 Å². The summed E-state index contributed by atoms with van der Waals surface area (Å²) in [6.45, 7) is 6.24. The van der Waals surface area contributed by atoms with Crippen LogP contribution in [0.2, 0.25) is 0 Å². The number of carbonyl (C=O) groups excluding carboxylic acids is 1. The molecule has 0 aliphatic carbocycles. The van der Waals surface area contributed by atoms with Crippen LogP contribution in [0.5, 0.6) is 0 Å². The average molecular weight is 254 g/mol. The molecule has 102 valence electrons. The van der Waals surface area contributed by atoms with E-state index in [2.05, 4.69) is 18.9 Å². The van der Waals surface area contributed by atoms with E-state index in [4.69, 9.17) is 10.5 Å². The highest BCUT2D eigenvalue weighted by molar-refractivity contribution is 5.75. The third kappa shape index (κ3) is 4.75. The van der Waals surface area contributed by atoms with Crippen LogP contribution in [0.1, 0.15) is 13.8 Å². The first-order valence-electron chi connectivity index (χ1n) is 6.08. The Morgan fingerprint density at radius 1 is 1.61 bits per heavy atom. The summed E-state index contributed by atoms with van der Waals surface area (Å²) >= 11 is 0. The molecule has 0 bridgehead atoms. The molecule has 0 aliphatic rings. The van der Waals surface area contributed by atoms with Crippen LogP contribution in [0, 0.1) is 5.92 Å². The molecular weight excluding hydrogens is 232 g/mol. The molecule has 2 N–H and O–H groups in total. The number of aromatic nitrogens is 2. The van der Waals surface area contributed by atoms with Gasteiger partial charge in [-0.25, -0.2) is 0 Å². The Morgan fingerprint density at radius 2 is 2.33 bits per heavy atom. The van der Waals surface area contributed by atoms with E-state index in [1.807, 2.05) is 0 Å². The van der Waals surface area contributed by atoms with E-state index in [0.29, 0.717) is 24.9 Å². The smallest absolute Gasteiger partial charge is 0.244 e. The molecule has 0 atom stereocenters. The van der Waals surface area contributed by atoms with Gasteiger partial charge in [-0.2, -0.15) is 5.10 Å². The minimum atomic E-state index is 0.0313. The minimum Gasteiger partial charge on any atom is -0.383 e. The Hall–Kier alpha value is -1.56. The standard InChI is InChI=1S/C12H22N4O2/c1-10(2)8-15(6-7-18-3)12(17)9-16-5-4-11(13)14-16/h4-5,10H,6-9H2,1-3H3,(H2,13,14). The topological polar surface area (TPSA) is 73.4 Å². The maximum atomic E-state index is 12.1. The zero-order valence-corrected chi connectivity index (χ0v) is 11.3. The Balaban J connectivity index is 2.57. The second-order valence-corrected chi connectivity index (χ2v) is 4.66. The van der Waals surface area contributed by atoms with Crippen molar-refractivity contribution in [3.05, 3.63) is 12.3 Å². The number of anilines is 1. The quantitative estimate of drug-likeness (QED) is 0.773. The van der Waals surface area contributed by atoms with Gasteiger partial charge in [0.1, 0.15) is 12.4 Å².